The molecule has 0 spiro atoms. The van der Waals surface area contributed by atoms with Crippen molar-refractivity contribution >= 4 is 23.2 Å². The van der Waals surface area contributed by atoms with Gasteiger partial charge in [0.1, 0.15) is 11.5 Å². The van der Waals surface area contributed by atoms with Gasteiger partial charge in [0.2, 0.25) is 0 Å². The Labute approximate surface area is 134 Å². The highest BCUT2D eigenvalue weighted by molar-refractivity contribution is 6.32. The van der Waals surface area contributed by atoms with E-state index in [1.807, 2.05) is 0 Å². The van der Waals surface area contributed by atoms with Crippen molar-refractivity contribution in [2.75, 3.05) is 7.05 Å². The number of imidazole rings is 2. The summed E-state index contributed by atoms with van der Waals surface area (Å²) in [6.45, 7) is -2.79. The van der Waals surface area contributed by atoms with Crippen molar-refractivity contribution in [2.24, 2.45) is 0 Å². The number of aromatic nitrogens is 4. The zero-order chi connectivity index (χ0) is 16.6. The second-order valence-electron chi connectivity index (χ2n) is 4.87. The highest BCUT2D eigenvalue weighted by Crippen LogP contribution is 2.20. The summed E-state index contributed by atoms with van der Waals surface area (Å²) in [5.41, 5.74) is 0.711. The minimum absolute atomic E-state index is 0.0604. The van der Waals surface area contributed by atoms with Gasteiger partial charge in [-0.15, -0.1) is 0 Å². The molecule has 0 radical (unpaired) electrons. The van der Waals surface area contributed by atoms with Crippen LogP contribution in [0.4, 0.5) is 8.78 Å². The maximum absolute atomic E-state index is 12.8. The Morgan fingerprint density at radius 1 is 1.39 bits per heavy atom. The Kier molecular flexibility index (Phi) is 3.99. The van der Waals surface area contributed by atoms with Gasteiger partial charge in [0.05, 0.1) is 6.54 Å². The van der Waals surface area contributed by atoms with Crippen LogP contribution in [-0.2, 0) is 6.54 Å². The zero-order valence-corrected chi connectivity index (χ0v) is 12.8. The van der Waals surface area contributed by atoms with E-state index < -0.39 is 12.5 Å². The van der Waals surface area contributed by atoms with Crippen LogP contribution < -0.4 is 0 Å². The number of amides is 1. The van der Waals surface area contributed by atoms with Gasteiger partial charge in [0, 0.05) is 25.6 Å². The van der Waals surface area contributed by atoms with Crippen molar-refractivity contribution in [2.45, 2.75) is 13.1 Å². The summed E-state index contributed by atoms with van der Waals surface area (Å²) in [6.07, 6.45) is 4.09. The van der Waals surface area contributed by atoms with E-state index in [0.29, 0.717) is 10.2 Å². The number of carbonyl (C=O) groups is 1. The number of nitrogens with zero attached hydrogens (tertiary/aromatic N) is 5. The van der Waals surface area contributed by atoms with Crippen LogP contribution in [0.25, 0.3) is 5.65 Å². The summed E-state index contributed by atoms with van der Waals surface area (Å²) < 4.78 is 27.9. The quantitative estimate of drug-likeness (QED) is 0.734. The Morgan fingerprint density at radius 2 is 2.17 bits per heavy atom. The SMILES string of the molecule is CN(Cc1nccn1C(F)F)C(=O)c1c(Cl)nc2ccccn12. The third-order valence-corrected chi connectivity index (χ3v) is 3.64. The smallest absolute Gasteiger partial charge is 0.319 e. The summed E-state index contributed by atoms with van der Waals surface area (Å²) in [4.78, 5) is 21.8. The van der Waals surface area contributed by atoms with Crippen LogP contribution in [0.2, 0.25) is 5.15 Å². The molecule has 9 heteroatoms. The molecule has 120 valence electrons. The van der Waals surface area contributed by atoms with Gasteiger partial charge in [-0.25, -0.2) is 9.97 Å². The summed E-state index contributed by atoms with van der Waals surface area (Å²) in [6, 6.07) is 5.23. The van der Waals surface area contributed by atoms with Gasteiger partial charge < -0.3 is 4.90 Å². The summed E-state index contributed by atoms with van der Waals surface area (Å²) in [5, 5.41) is 0.0604. The van der Waals surface area contributed by atoms with Gasteiger partial charge in [0.15, 0.2) is 10.8 Å². The number of fused-ring (bicyclic) bond motifs is 1. The molecule has 3 aromatic rings. The molecule has 0 aliphatic heterocycles. The van der Waals surface area contributed by atoms with Gasteiger partial charge in [-0.2, -0.15) is 8.78 Å². The molecule has 0 atom stereocenters. The summed E-state index contributed by atoms with van der Waals surface area (Å²) in [7, 11) is 1.49. The van der Waals surface area contributed by atoms with Gasteiger partial charge >= 0.3 is 6.55 Å². The number of hydrogen-bond acceptors (Lipinski definition) is 3. The van der Waals surface area contributed by atoms with Crippen molar-refractivity contribution in [3.8, 4) is 0 Å². The largest absolute Gasteiger partial charge is 0.333 e. The number of carbonyl (C=O) groups excluding carboxylic acids is 1. The molecule has 0 bridgehead atoms. The third-order valence-electron chi connectivity index (χ3n) is 3.37. The predicted octanol–water partition coefficient (Wildman–Crippen LogP) is 2.85. The first kappa shape index (κ1) is 15.4. The summed E-state index contributed by atoms with van der Waals surface area (Å²) >= 11 is 6.05. The van der Waals surface area contributed by atoms with E-state index in [2.05, 4.69) is 9.97 Å². The van der Waals surface area contributed by atoms with Gasteiger partial charge in [-0.3, -0.25) is 13.8 Å². The molecule has 0 saturated carbocycles. The van der Waals surface area contributed by atoms with Crippen LogP contribution >= 0.6 is 11.6 Å². The maximum atomic E-state index is 12.8. The minimum Gasteiger partial charge on any atom is -0.333 e. The molecular weight excluding hydrogens is 328 g/mol. The molecule has 3 aromatic heterocycles. The third kappa shape index (κ3) is 2.77. The Hall–Kier alpha value is -2.48. The van der Waals surface area contributed by atoms with Crippen molar-refractivity contribution < 1.29 is 13.6 Å². The molecule has 3 rings (SSSR count). The maximum Gasteiger partial charge on any atom is 0.319 e. The molecule has 23 heavy (non-hydrogen) atoms. The van der Waals surface area contributed by atoms with E-state index in [1.54, 1.807) is 28.8 Å². The minimum atomic E-state index is -2.71. The van der Waals surface area contributed by atoms with E-state index in [1.165, 1.54) is 24.3 Å². The van der Waals surface area contributed by atoms with E-state index in [-0.39, 0.29) is 23.2 Å². The fourth-order valence-electron chi connectivity index (χ4n) is 2.27. The Bertz CT molecular complexity index is 860. The highest BCUT2D eigenvalue weighted by Gasteiger charge is 2.23. The molecule has 0 N–H and O–H groups in total. The van der Waals surface area contributed by atoms with Crippen LogP contribution in [-0.4, -0.2) is 36.8 Å². The van der Waals surface area contributed by atoms with Crippen LogP contribution in [0.1, 0.15) is 22.9 Å². The number of halogens is 3. The standard InChI is InChI=1S/C14H12ClF2N5O/c1-20(8-10-18-5-7-22(10)14(16)17)13(23)11-12(15)19-9-4-2-3-6-21(9)11/h2-7,14H,8H2,1H3. The van der Waals surface area contributed by atoms with Crippen LogP contribution in [0, 0.1) is 0 Å². The molecule has 3 heterocycles. The van der Waals surface area contributed by atoms with Gasteiger partial charge in [0.25, 0.3) is 5.91 Å². The van der Waals surface area contributed by atoms with Crippen molar-refractivity contribution in [1.82, 2.24) is 23.8 Å². The van der Waals surface area contributed by atoms with Gasteiger partial charge in [-0.1, -0.05) is 17.7 Å². The van der Waals surface area contributed by atoms with E-state index >= 15 is 0 Å². The summed E-state index contributed by atoms with van der Waals surface area (Å²) in [5.74, 6) is -0.349. The first-order chi connectivity index (χ1) is 11.0. The van der Waals surface area contributed by atoms with Crippen molar-refractivity contribution in [3.63, 3.8) is 0 Å². The van der Waals surface area contributed by atoms with Crippen LogP contribution in [0.5, 0.6) is 0 Å². The highest BCUT2D eigenvalue weighted by atomic mass is 35.5. The number of hydrogen-bond donors (Lipinski definition) is 0. The molecule has 0 unspecified atom stereocenters. The molecular formula is C14H12ClF2N5O. The monoisotopic (exact) mass is 339 g/mol. The average molecular weight is 340 g/mol. The lowest BCUT2D eigenvalue weighted by Crippen LogP contribution is -2.29. The number of alkyl halides is 2. The Balaban J connectivity index is 1.90. The zero-order valence-electron chi connectivity index (χ0n) is 12.0. The van der Waals surface area contributed by atoms with E-state index in [4.69, 9.17) is 11.6 Å². The molecule has 0 saturated heterocycles. The second kappa shape index (κ2) is 5.96. The van der Waals surface area contributed by atoms with E-state index in [0.717, 1.165) is 0 Å². The first-order valence-corrected chi connectivity index (χ1v) is 7.04. The van der Waals surface area contributed by atoms with Crippen LogP contribution in [0.15, 0.2) is 36.8 Å². The molecule has 0 aliphatic rings. The van der Waals surface area contributed by atoms with Gasteiger partial charge in [-0.05, 0) is 12.1 Å². The lowest BCUT2D eigenvalue weighted by Gasteiger charge is -2.17. The lowest BCUT2D eigenvalue weighted by atomic mass is 10.3. The van der Waals surface area contributed by atoms with Crippen LogP contribution in [0.3, 0.4) is 0 Å². The second-order valence-corrected chi connectivity index (χ2v) is 5.23. The topological polar surface area (TPSA) is 55.4 Å². The van der Waals surface area contributed by atoms with Crippen molar-refractivity contribution in [3.05, 3.63) is 53.5 Å². The predicted molar refractivity (Wildman–Crippen MR) is 79.5 cm³/mol. The molecule has 0 aliphatic carbocycles. The number of pyridine rings is 1. The van der Waals surface area contributed by atoms with Crippen molar-refractivity contribution in [1.29, 1.82) is 0 Å². The lowest BCUT2D eigenvalue weighted by molar-refractivity contribution is 0.0611. The fourth-order valence-corrected chi connectivity index (χ4v) is 2.53. The molecule has 6 nitrogen and oxygen atoms in total. The molecule has 0 aromatic carbocycles. The normalized spacial score (nSPS) is 11.3. The van der Waals surface area contributed by atoms with E-state index in [9.17, 15) is 13.6 Å². The fraction of sp³-hybridized carbons (Fsp3) is 0.214. The Morgan fingerprint density at radius 3 is 2.91 bits per heavy atom. The molecule has 0 fully saturated rings. The first-order valence-electron chi connectivity index (χ1n) is 6.67. The molecule has 1 amide bonds. The number of rotatable bonds is 4. The average Bonchev–Trinajstić information content (AvgIpc) is 3.09.